The van der Waals surface area contributed by atoms with Crippen LogP contribution in [0.1, 0.15) is 25.5 Å². The van der Waals surface area contributed by atoms with E-state index in [1.807, 2.05) is 42.5 Å². The highest BCUT2D eigenvalue weighted by atomic mass is 35.5. The number of anilines is 2. The number of halogens is 1. The van der Waals surface area contributed by atoms with E-state index in [1.165, 1.54) is 13.3 Å². The van der Waals surface area contributed by atoms with Crippen molar-refractivity contribution in [2.24, 2.45) is 0 Å². The van der Waals surface area contributed by atoms with E-state index >= 15 is 0 Å². The summed E-state index contributed by atoms with van der Waals surface area (Å²) in [5.41, 5.74) is 2.24. The Morgan fingerprint density at radius 1 is 1.13 bits per heavy atom. The lowest BCUT2D eigenvalue weighted by Crippen LogP contribution is -2.43. The van der Waals surface area contributed by atoms with E-state index in [0.29, 0.717) is 53.0 Å². The topological polar surface area (TPSA) is 110 Å². The van der Waals surface area contributed by atoms with Crippen molar-refractivity contribution in [3.8, 4) is 11.5 Å². The van der Waals surface area contributed by atoms with Crippen molar-refractivity contribution in [3.05, 3.63) is 77.8 Å². The van der Waals surface area contributed by atoms with E-state index in [4.69, 9.17) is 21.1 Å². The smallest absolute Gasteiger partial charge is 0.251 e. The quantitative estimate of drug-likeness (QED) is 0.317. The highest BCUT2D eigenvalue weighted by Crippen LogP contribution is 2.34. The van der Waals surface area contributed by atoms with Crippen molar-refractivity contribution >= 4 is 39.9 Å². The van der Waals surface area contributed by atoms with E-state index in [-0.39, 0.29) is 11.9 Å². The second-order valence-corrected chi connectivity index (χ2v) is 9.47. The molecule has 0 aliphatic carbocycles. The number of rotatable bonds is 9. The van der Waals surface area contributed by atoms with Crippen LogP contribution in [0.5, 0.6) is 11.5 Å². The third-order valence-corrected chi connectivity index (χ3v) is 6.67. The largest absolute Gasteiger partial charge is 0.491 e. The summed E-state index contributed by atoms with van der Waals surface area (Å²) in [5.74, 6) is 1.44. The molecule has 0 saturated carbocycles. The highest BCUT2D eigenvalue weighted by Gasteiger charge is 2.31. The summed E-state index contributed by atoms with van der Waals surface area (Å²) in [5, 5.41) is 14.2. The van der Waals surface area contributed by atoms with Crippen molar-refractivity contribution < 1.29 is 19.4 Å². The number of carbonyl (C=O) groups is 1. The molecule has 3 heterocycles. The minimum absolute atomic E-state index is 0.106. The second-order valence-electron chi connectivity index (χ2n) is 9.07. The van der Waals surface area contributed by atoms with Crippen molar-refractivity contribution in [1.82, 2.24) is 19.9 Å². The summed E-state index contributed by atoms with van der Waals surface area (Å²) >= 11 is 6.50. The first-order valence-electron chi connectivity index (χ1n) is 12.4. The molecule has 2 N–H and O–H groups in total. The number of fused-ring (bicyclic) bond motifs is 1. The molecule has 9 nitrogen and oxygen atoms in total. The van der Waals surface area contributed by atoms with Crippen LogP contribution in [0.25, 0.3) is 10.9 Å². The first kappa shape index (κ1) is 25.7. The number of nitrogens with one attached hydrogen (secondary N) is 1. The van der Waals surface area contributed by atoms with Crippen LogP contribution in [0.2, 0.25) is 5.02 Å². The first-order chi connectivity index (χ1) is 18.5. The fourth-order valence-electron chi connectivity index (χ4n) is 4.49. The van der Waals surface area contributed by atoms with Gasteiger partial charge in [0.2, 0.25) is 0 Å². The number of carbonyl (C=O) groups excluding carboxylic acids is 1. The predicted molar refractivity (Wildman–Crippen MR) is 145 cm³/mol. The van der Waals surface area contributed by atoms with Gasteiger partial charge in [-0.15, -0.1) is 0 Å². The lowest BCUT2D eigenvalue weighted by molar-refractivity contribution is -0.140. The van der Waals surface area contributed by atoms with Gasteiger partial charge in [0.05, 0.1) is 27.7 Å². The van der Waals surface area contributed by atoms with Gasteiger partial charge in [-0.2, -0.15) is 0 Å². The maximum Gasteiger partial charge on any atom is 0.251 e. The number of nitrogens with zero attached hydrogens (tertiary/aromatic N) is 4. The number of hydrogen-bond acceptors (Lipinski definition) is 8. The number of hydrogen-bond donors (Lipinski definition) is 2. The normalized spacial score (nSPS) is 15.9. The number of amides is 1. The number of benzene rings is 2. The van der Waals surface area contributed by atoms with Crippen LogP contribution in [-0.4, -0.2) is 56.2 Å². The van der Waals surface area contributed by atoms with Gasteiger partial charge >= 0.3 is 0 Å². The van der Waals surface area contributed by atoms with Crippen molar-refractivity contribution in [2.75, 3.05) is 18.5 Å². The third kappa shape index (κ3) is 5.79. The standard InChI is InChI=1S/C28H28ClN5O4/c1-18(35)28(36)34-13-5-7-21(34)16-38-25-9-4-8-23-26(25)27(32-17-31-23)33-19-10-11-24(22(29)14-19)37-15-20-6-2-3-12-30-20/h2-4,6,8-12,14,17-18,21,35H,5,7,13,15-16H2,1H3,(H,31,32,33)/t18-,21+/m0/s1. The number of likely N-dealkylation sites (tertiary alicyclic amines) is 1. The van der Waals surface area contributed by atoms with Crippen molar-refractivity contribution in [3.63, 3.8) is 0 Å². The van der Waals surface area contributed by atoms with Crippen LogP contribution in [0.3, 0.4) is 0 Å². The van der Waals surface area contributed by atoms with Gasteiger partial charge in [-0.05, 0) is 62.2 Å². The fourth-order valence-corrected chi connectivity index (χ4v) is 4.72. The van der Waals surface area contributed by atoms with Gasteiger partial charge in [-0.1, -0.05) is 23.7 Å². The first-order valence-corrected chi connectivity index (χ1v) is 12.8. The van der Waals surface area contributed by atoms with Gasteiger partial charge in [0.1, 0.15) is 43.0 Å². The zero-order chi connectivity index (χ0) is 26.5. The molecule has 196 valence electrons. The lowest BCUT2D eigenvalue weighted by Gasteiger charge is -2.26. The minimum atomic E-state index is -1.03. The maximum absolute atomic E-state index is 12.4. The Bertz CT molecular complexity index is 1410. The van der Waals surface area contributed by atoms with Crippen molar-refractivity contribution in [2.45, 2.75) is 38.5 Å². The number of aliphatic hydroxyl groups is 1. The van der Waals surface area contributed by atoms with E-state index in [9.17, 15) is 9.90 Å². The molecule has 4 aromatic rings. The highest BCUT2D eigenvalue weighted by molar-refractivity contribution is 6.32. The molecule has 2 aromatic carbocycles. The number of ether oxygens (including phenoxy) is 2. The van der Waals surface area contributed by atoms with E-state index < -0.39 is 6.10 Å². The summed E-state index contributed by atoms with van der Waals surface area (Å²) in [7, 11) is 0. The lowest BCUT2D eigenvalue weighted by atomic mass is 10.2. The number of aromatic nitrogens is 3. The average molecular weight is 534 g/mol. The Kier molecular flexibility index (Phi) is 7.86. The van der Waals surface area contributed by atoms with Gasteiger partial charge in [-0.25, -0.2) is 9.97 Å². The Morgan fingerprint density at radius 2 is 2.03 bits per heavy atom. The molecular formula is C28H28ClN5O4. The predicted octanol–water partition coefficient (Wildman–Crippen LogP) is 4.75. The van der Waals surface area contributed by atoms with Crippen molar-refractivity contribution in [1.29, 1.82) is 0 Å². The molecule has 5 rings (SSSR count). The summed E-state index contributed by atoms with van der Waals surface area (Å²) in [4.78, 5) is 27.2. The molecule has 1 amide bonds. The van der Waals surface area contributed by atoms with Gasteiger partial charge in [0, 0.05) is 18.4 Å². The third-order valence-electron chi connectivity index (χ3n) is 6.37. The molecule has 0 spiro atoms. The Balaban J connectivity index is 1.33. The monoisotopic (exact) mass is 533 g/mol. The van der Waals surface area contributed by atoms with E-state index in [0.717, 1.165) is 24.2 Å². The van der Waals surface area contributed by atoms with Crippen LogP contribution < -0.4 is 14.8 Å². The summed E-state index contributed by atoms with van der Waals surface area (Å²) in [6.07, 6.45) is 3.87. The molecule has 0 unspecified atom stereocenters. The zero-order valence-electron chi connectivity index (χ0n) is 20.9. The molecule has 38 heavy (non-hydrogen) atoms. The molecule has 1 aliphatic rings. The molecule has 2 aromatic heterocycles. The average Bonchev–Trinajstić information content (AvgIpc) is 3.40. The Morgan fingerprint density at radius 3 is 2.82 bits per heavy atom. The van der Waals surface area contributed by atoms with Crippen LogP contribution in [0.15, 0.2) is 67.1 Å². The van der Waals surface area contributed by atoms with Gasteiger partial charge in [0.15, 0.2) is 0 Å². The van der Waals surface area contributed by atoms with Gasteiger partial charge in [-0.3, -0.25) is 9.78 Å². The molecule has 2 atom stereocenters. The molecule has 0 radical (unpaired) electrons. The van der Waals surface area contributed by atoms with Crippen LogP contribution in [-0.2, 0) is 11.4 Å². The van der Waals surface area contributed by atoms with Crippen LogP contribution in [0, 0.1) is 0 Å². The van der Waals surface area contributed by atoms with Crippen LogP contribution >= 0.6 is 11.6 Å². The Hall–Kier alpha value is -3.95. The molecule has 1 aliphatic heterocycles. The van der Waals surface area contributed by atoms with Gasteiger partial charge < -0.3 is 24.8 Å². The molecule has 1 fully saturated rings. The Labute approximate surface area is 225 Å². The molecule has 0 bridgehead atoms. The summed E-state index contributed by atoms with van der Waals surface area (Å²) < 4.78 is 12.0. The number of aliphatic hydroxyl groups excluding tert-OH is 1. The van der Waals surface area contributed by atoms with E-state index in [2.05, 4.69) is 20.3 Å². The number of pyridine rings is 1. The van der Waals surface area contributed by atoms with Gasteiger partial charge in [0.25, 0.3) is 5.91 Å². The molecule has 1 saturated heterocycles. The van der Waals surface area contributed by atoms with Crippen LogP contribution in [0.4, 0.5) is 11.5 Å². The summed E-state index contributed by atoms with van der Waals surface area (Å²) in [6.45, 7) is 2.72. The van der Waals surface area contributed by atoms with E-state index in [1.54, 1.807) is 23.2 Å². The zero-order valence-corrected chi connectivity index (χ0v) is 21.6. The second kappa shape index (κ2) is 11.6. The minimum Gasteiger partial charge on any atom is -0.491 e. The SMILES string of the molecule is C[C@H](O)C(=O)N1CCC[C@@H]1COc1cccc2ncnc(Nc3ccc(OCc4ccccn4)c(Cl)c3)c12. The summed E-state index contributed by atoms with van der Waals surface area (Å²) in [6, 6.07) is 16.6. The molecule has 10 heteroatoms. The maximum atomic E-state index is 12.4. The molecular weight excluding hydrogens is 506 g/mol. The fraction of sp³-hybridized carbons (Fsp3) is 0.286.